The predicted molar refractivity (Wildman–Crippen MR) is 67.5 cm³/mol. The second kappa shape index (κ2) is 4.87. The van der Waals surface area contributed by atoms with Crippen LogP contribution >= 0.6 is 0 Å². The molecule has 0 fully saturated rings. The Morgan fingerprint density at radius 3 is 2.12 bits per heavy atom. The van der Waals surface area contributed by atoms with Gasteiger partial charge in [-0.15, -0.1) is 0 Å². The normalized spacial score (nSPS) is 10.1. The number of benzene rings is 1. The highest BCUT2D eigenvalue weighted by molar-refractivity contribution is 5.62. The molecule has 3 nitrogen and oxygen atoms in total. The van der Waals surface area contributed by atoms with Gasteiger partial charge >= 0.3 is 0 Å². The van der Waals surface area contributed by atoms with E-state index in [4.69, 9.17) is 9.47 Å². The van der Waals surface area contributed by atoms with Crippen LogP contribution < -0.4 is 9.47 Å². The first-order valence-corrected chi connectivity index (χ1v) is 5.40. The molecule has 0 spiro atoms. The molecule has 1 heterocycles. The number of nitrogens with zero attached hydrogens (tertiary/aromatic N) is 1. The molecule has 1 aromatic heterocycles. The van der Waals surface area contributed by atoms with Gasteiger partial charge in [-0.25, -0.2) is 0 Å². The molecule has 0 aliphatic rings. The maximum atomic E-state index is 5.24. The fourth-order valence-corrected chi connectivity index (χ4v) is 1.66. The molecular weight excluding hydrogens is 214 g/mol. The van der Waals surface area contributed by atoms with Gasteiger partial charge in [-0.3, -0.25) is 4.98 Å². The first-order chi connectivity index (χ1) is 8.22. The summed E-state index contributed by atoms with van der Waals surface area (Å²) in [6.45, 7) is 1.95. The molecule has 0 saturated heterocycles. The first-order valence-electron chi connectivity index (χ1n) is 5.40. The van der Waals surface area contributed by atoms with E-state index in [1.807, 2.05) is 43.3 Å². The van der Waals surface area contributed by atoms with Gasteiger partial charge in [0.05, 0.1) is 19.9 Å². The fraction of sp³-hybridized carbons (Fsp3) is 0.214. The van der Waals surface area contributed by atoms with Crippen LogP contribution in [0.5, 0.6) is 11.5 Å². The molecule has 0 aliphatic carbocycles. The van der Waals surface area contributed by atoms with Gasteiger partial charge in [-0.2, -0.15) is 0 Å². The summed E-state index contributed by atoms with van der Waals surface area (Å²) in [6.07, 6.45) is 0. The molecule has 0 radical (unpaired) electrons. The lowest BCUT2D eigenvalue weighted by atomic mass is 10.1. The summed E-state index contributed by atoms with van der Waals surface area (Å²) in [5.74, 6) is 1.66. The zero-order valence-corrected chi connectivity index (χ0v) is 10.2. The van der Waals surface area contributed by atoms with Crippen LogP contribution in [0.4, 0.5) is 0 Å². The Morgan fingerprint density at radius 1 is 0.882 bits per heavy atom. The number of pyridine rings is 1. The van der Waals surface area contributed by atoms with Gasteiger partial charge in [-0.05, 0) is 31.2 Å². The van der Waals surface area contributed by atoms with E-state index in [2.05, 4.69) is 4.98 Å². The van der Waals surface area contributed by atoms with E-state index in [1.165, 1.54) is 0 Å². The highest BCUT2D eigenvalue weighted by atomic mass is 16.5. The van der Waals surface area contributed by atoms with Crippen LogP contribution in [0.1, 0.15) is 5.69 Å². The van der Waals surface area contributed by atoms with Crippen molar-refractivity contribution < 1.29 is 9.47 Å². The SMILES string of the molecule is COc1ccc(-c2cc(OC)cc(C)n2)cc1. The number of ether oxygens (including phenoxy) is 2. The van der Waals surface area contributed by atoms with E-state index < -0.39 is 0 Å². The molecule has 0 bridgehead atoms. The summed E-state index contributed by atoms with van der Waals surface area (Å²) in [5, 5.41) is 0. The molecule has 88 valence electrons. The Bertz CT molecular complexity index is 506. The molecule has 0 saturated carbocycles. The van der Waals surface area contributed by atoms with Crippen molar-refractivity contribution in [3.63, 3.8) is 0 Å². The average molecular weight is 229 g/mol. The minimum absolute atomic E-state index is 0.823. The maximum absolute atomic E-state index is 5.24. The predicted octanol–water partition coefficient (Wildman–Crippen LogP) is 3.07. The molecule has 0 atom stereocenters. The summed E-state index contributed by atoms with van der Waals surface area (Å²) in [5.41, 5.74) is 2.90. The van der Waals surface area contributed by atoms with Crippen LogP contribution in [0.25, 0.3) is 11.3 Å². The zero-order valence-electron chi connectivity index (χ0n) is 10.2. The van der Waals surface area contributed by atoms with E-state index in [1.54, 1.807) is 14.2 Å². The average Bonchev–Trinajstić information content (AvgIpc) is 2.38. The number of aromatic nitrogens is 1. The highest BCUT2D eigenvalue weighted by Crippen LogP contribution is 2.24. The van der Waals surface area contributed by atoms with Gasteiger partial charge in [0.2, 0.25) is 0 Å². The van der Waals surface area contributed by atoms with Gasteiger partial charge in [0.15, 0.2) is 0 Å². The van der Waals surface area contributed by atoms with Crippen molar-refractivity contribution in [2.75, 3.05) is 14.2 Å². The third-order valence-corrected chi connectivity index (χ3v) is 2.55. The maximum Gasteiger partial charge on any atom is 0.122 e. The van der Waals surface area contributed by atoms with Gasteiger partial charge in [0.25, 0.3) is 0 Å². The van der Waals surface area contributed by atoms with Crippen LogP contribution in [-0.4, -0.2) is 19.2 Å². The number of aryl methyl sites for hydroxylation is 1. The topological polar surface area (TPSA) is 31.4 Å². The van der Waals surface area contributed by atoms with Crippen molar-refractivity contribution in [1.82, 2.24) is 4.98 Å². The van der Waals surface area contributed by atoms with Crippen LogP contribution in [0.15, 0.2) is 36.4 Å². The minimum Gasteiger partial charge on any atom is -0.497 e. The van der Waals surface area contributed by atoms with Crippen molar-refractivity contribution in [3.8, 4) is 22.8 Å². The number of hydrogen-bond acceptors (Lipinski definition) is 3. The molecule has 0 N–H and O–H groups in total. The van der Waals surface area contributed by atoms with Gasteiger partial charge in [0, 0.05) is 23.4 Å². The van der Waals surface area contributed by atoms with Crippen molar-refractivity contribution in [1.29, 1.82) is 0 Å². The summed E-state index contributed by atoms with van der Waals surface area (Å²) in [4.78, 5) is 4.49. The lowest BCUT2D eigenvalue weighted by molar-refractivity contribution is 0.414. The van der Waals surface area contributed by atoms with Crippen molar-refractivity contribution in [2.45, 2.75) is 6.92 Å². The molecule has 1 aromatic carbocycles. The van der Waals surface area contributed by atoms with Gasteiger partial charge < -0.3 is 9.47 Å². The smallest absolute Gasteiger partial charge is 0.122 e. The largest absolute Gasteiger partial charge is 0.497 e. The molecular formula is C14H15NO2. The minimum atomic E-state index is 0.823. The molecule has 0 aliphatic heterocycles. The second-order valence-electron chi connectivity index (χ2n) is 3.76. The molecule has 17 heavy (non-hydrogen) atoms. The monoisotopic (exact) mass is 229 g/mol. The van der Waals surface area contributed by atoms with Crippen LogP contribution in [0, 0.1) is 6.92 Å². The highest BCUT2D eigenvalue weighted by Gasteiger charge is 2.03. The van der Waals surface area contributed by atoms with E-state index in [9.17, 15) is 0 Å². The van der Waals surface area contributed by atoms with Crippen LogP contribution in [0.2, 0.25) is 0 Å². The quantitative estimate of drug-likeness (QED) is 0.810. The summed E-state index contributed by atoms with van der Waals surface area (Å²) in [6, 6.07) is 11.7. The van der Waals surface area contributed by atoms with E-state index in [-0.39, 0.29) is 0 Å². The third kappa shape index (κ3) is 2.56. The Hall–Kier alpha value is -2.03. The summed E-state index contributed by atoms with van der Waals surface area (Å²) >= 11 is 0. The van der Waals surface area contributed by atoms with Crippen molar-refractivity contribution in [2.24, 2.45) is 0 Å². The van der Waals surface area contributed by atoms with E-state index in [0.29, 0.717) is 0 Å². The Morgan fingerprint density at radius 2 is 1.53 bits per heavy atom. The standard InChI is InChI=1S/C14H15NO2/c1-10-8-13(17-3)9-14(15-10)11-4-6-12(16-2)7-5-11/h4-9H,1-3H3. The van der Waals surface area contributed by atoms with E-state index in [0.717, 1.165) is 28.5 Å². The summed E-state index contributed by atoms with van der Waals surface area (Å²) in [7, 11) is 3.32. The first kappa shape index (κ1) is 11.5. The van der Waals surface area contributed by atoms with Crippen molar-refractivity contribution >= 4 is 0 Å². The number of hydrogen-bond donors (Lipinski definition) is 0. The van der Waals surface area contributed by atoms with Crippen LogP contribution in [-0.2, 0) is 0 Å². The third-order valence-electron chi connectivity index (χ3n) is 2.55. The molecule has 3 heteroatoms. The molecule has 2 rings (SSSR count). The fourth-order valence-electron chi connectivity index (χ4n) is 1.66. The summed E-state index contributed by atoms with van der Waals surface area (Å²) < 4.78 is 10.4. The Kier molecular flexibility index (Phi) is 3.28. The lowest BCUT2D eigenvalue weighted by Gasteiger charge is -2.07. The zero-order chi connectivity index (χ0) is 12.3. The van der Waals surface area contributed by atoms with Crippen LogP contribution in [0.3, 0.4) is 0 Å². The van der Waals surface area contributed by atoms with Gasteiger partial charge in [-0.1, -0.05) is 0 Å². The number of rotatable bonds is 3. The van der Waals surface area contributed by atoms with E-state index >= 15 is 0 Å². The second-order valence-corrected chi connectivity index (χ2v) is 3.76. The lowest BCUT2D eigenvalue weighted by Crippen LogP contribution is -1.91. The molecule has 0 amide bonds. The number of methoxy groups -OCH3 is 2. The molecule has 0 unspecified atom stereocenters. The van der Waals surface area contributed by atoms with Gasteiger partial charge in [0.1, 0.15) is 11.5 Å². The molecule has 2 aromatic rings. The Balaban J connectivity index is 2.41. The van der Waals surface area contributed by atoms with Crippen molar-refractivity contribution in [3.05, 3.63) is 42.1 Å². The Labute approximate surface area is 101 Å².